The summed E-state index contributed by atoms with van der Waals surface area (Å²) in [6.07, 6.45) is 2.06. The van der Waals surface area contributed by atoms with E-state index in [1.54, 1.807) is 11.3 Å². The Morgan fingerprint density at radius 2 is 2.05 bits per heavy atom. The smallest absolute Gasteiger partial charge is 0.157 e. The predicted molar refractivity (Wildman–Crippen MR) is 84.0 cm³/mol. The SMILES string of the molecule is CCc1ccc(-c2nnc(CCNCC(C)C)s2)s1. The standard InChI is InChI=1S/C14H21N3S2/c1-4-11-5-6-12(18-11)14-17-16-13(19-14)7-8-15-9-10(2)3/h5-6,10,15H,4,7-9H2,1-3H3. The fourth-order valence-electron chi connectivity index (χ4n) is 1.72. The van der Waals surface area contributed by atoms with Crippen LogP contribution >= 0.6 is 22.7 Å². The molecule has 0 amide bonds. The molecule has 0 aliphatic heterocycles. The minimum absolute atomic E-state index is 0.698. The van der Waals surface area contributed by atoms with Crippen LogP contribution in [-0.4, -0.2) is 23.3 Å². The molecule has 2 heterocycles. The summed E-state index contributed by atoms with van der Waals surface area (Å²) >= 11 is 3.54. The molecule has 0 radical (unpaired) electrons. The zero-order chi connectivity index (χ0) is 13.7. The normalized spacial score (nSPS) is 11.4. The van der Waals surface area contributed by atoms with Gasteiger partial charge < -0.3 is 5.32 Å². The molecule has 19 heavy (non-hydrogen) atoms. The second-order valence-corrected chi connectivity index (χ2v) is 7.20. The van der Waals surface area contributed by atoms with Gasteiger partial charge in [-0.3, -0.25) is 0 Å². The highest BCUT2D eigenvalue weighted by atomic mass is 32.1. The minimum Gasteiger partial charge on any atom is -0.316 e. The van der Waals surface area contributed by atoms with Crippen LogP contribution in [0.2, 0.25) is 0 Å². The van der Waals surface area contributed by atoms with E-state index in [9.17, 15) is 0 Å². The molecule has 2 rings (SSSR count). The number of nitrogens with one attached hydrogen (secondary N) is 1. The monoisotopic (exact) mass is 295 g/mol. The lowest BCUT2D eigenvalue weighted by Gasteiger charge is -2.04. The average Bonchev–Trinajstić information content (AvgIpc) is 3.02. The number of rotatable bonds is 7. The quantitative estimate of drug-likeness (QED) is 0.793. The topological polar surface area (TPSA) is 37.8 Å². The Kier molecular flexibility index (Phi) is 5.48. The van der Waals surface area contributed by atoms with E-state index in [0.717, 1.165) is 35.9 Å². The zero-order valence-corrected chi connectivity index (χ0v) is 13.4. The first kappa shape index (κ1) is 14.6. The van der Waals surface area contributed by atoms with Crippen molar-refractivity contribution in [3.8, 4) is 9.88 Å². The fourth-order valence-corrected chi connectivity index (χ4v) is 3.56. The highest BCUT2D eigenvalue weighted by Crippen LogP contribution is 2.30. The first-order valence-corrected chi connectivity index (χ1v) is 8.44. The Morgan fingerprint density at radius 3 is 2.74 bits per heavy atom. The van der Waals surface area contributed by atoms with Gasteiger partial charge in [0.25, 0.3) is 0 Å². The van der Waals surface area contributed by atoms with E-state index in [4.69, 9.17) is 0 Å². The van der Waals surface area contributed by atoms with Gasteiger partial charge in [0.2, 0.25) is 0 Å². The molecule has 2 aromatic rings. The first-order chi connectivity index (χ1) is 9.19. The van der Waals surface area contributed by atoms with E-state index in [1.165, 1.54) is 9.75 Å². The zero-order valence-electron chi connectivity index (χ0n) is 11.8. The number of aromatic nitrogens is 2. The van der Waals surface area contributed by atoms with E-state index in [-0.39, 0.29) is 0 Å². The molecule has 0 spiro atoms. The molecule has 0 atom stereocenters. The molecule has 2 aromatic heterocycles. The van der Waals surface area contributed by atoms with Gasteiger partial charge in [-0.25, -0.2) is 0 Å². The molecule has 104 valence electrons. The molecule has 1 N–H and O–H groups in total. The van der Waals surface area contributed by atoms with Crippen LogP contribution in [-0.2, 0) is 12.8 Å². The molecule has 0 aromatic carbocycles. The first-order valence-electron chi connectivity index (χ1n) is 6.81. The van der Waals surface area contributed by atoms with Crippen LogP contribution < -0.4 is 5.32 Å². The van der Waals surface area contributed by atoms with Crippen molar-refractivity contribution in [3.63, 3.8) is 0 Å². The number of hydrogen-bond donors (Lipinski definition) is 1. The largest absolute Gasteiger partial charge is 0.316 e. The number of nitrogens with zero attached hydrogens (tertiary/aromatic N) is 2. The summed E-state index contributed by atoms with van der Waals surface area (Å²) in [5.74, 6) is 0.698. The fraction of sp³-hybridized carbons (Fsp3) is 0.571. The molecule has 0 saturated heterocycles. The van der Waals surface area contributed by atoms with Gasteiger partial charge >= 0.3 is 0 Å². The molecule has 0 fully saturated rings. The molecular formula is C14H21N3S2. The highest BCUT2D eigenvalue weighted by molar-refractivity contribution is 7.21. The summed E-state index contributed by atoms with van der Waals surface area (Å²) in [6, 6.07) is 4.34. The molecule has 0 bridgehead atoms. The Labute approximate surface area is 123 Å². The van der Waals surface area contributed by atoms with Crippen LogP contribution in [0.1, 0.15) is 30.7 Å². The molecule has 0 aliphatic rings. The van der Waals surface area contributed by atoms with Gasteiger partial charge in [-0.2, -0.15) is 0 Å². The summed E-state index contributed by atoms with van der Waals surface area (Å²) in [4.78, 5) is 2.65. The molecular weight excluding hydrogens is 274 g/mol. The lowest BCUT2D eigenvalue weighted by atomic mass is 10.2. The van der Waals surface area contributed by atoms with Crippen LogP contribution in [0.15, 0.2) is 12.1 Å². The Balaban J connectivity index is 1.88. The lowest BCUT2D eigenvalue weighted by Crippen LogP contribution is -2.22. The van der Waals surface area contributed by atoms with Gasteiger partial charge in [0.05, 0.1) is 4.88 Å². The average molecular weight is 295 g/mol. The molecule has 0 unspecified atom stereocenters. The van der Waals surface area contributed by atoms with Gasteiger partial charge in [0.1, 0.15) is 5.01 Å². The van der Waals surface area contributed by atoms with Crippen LogP contribution in [0.5, 0.6) is 0 Å². The third-order valence-electron chi connectivity index (χ3n) is 2.76. The van der Waals surface area contributed by atoms with Crippen molar-refractivity contribution < 1.29 is 0 Å². The van der Waals surface area contributed by atoms with Crippen molar-refractivity contribution in [2.75, 3.05) is 13.1 Å². The van der Waals surface area contributed by atoms with Crippen molar-refractivity contribution in [3.05, 3.63) is 22.0 Å². The van der Waals surface area contributed by atoms with Gasteiger partial charge in [-0.1, -0.05) is 32.1 Å². The van der Waals surface area contributed by atoms with Gasteiger partial charge in [-0.05, 0) is 31.0 Å². The van der Waals surface area contributed by atoms with Crippen LogP contribution in [0.25, 0.3) is 9.88 Å². The highest BCUT2D eigenvalue weighted by Gasteiger charge is 2.08. The van der Waals surface area contributed by atoms with Crippen molar-refractivity contribution in [2.45, 2.75) is 33.6 Å². The van der Waals surface area contributed by atoms with Gasteiger partial charge in [-0.15, -0.1) is 21.5 Å². The Morgan fingerprint density at radius 1 is 1.21 bits per heavy atom. The van der Waals surface area contributed by atoms with Crippen LogP contribution in [0.3, 0.4) is 0 Å². The van der Waals surface area contributed by atoms with E-state index in [1.807, 2.05) is 11.3 Å². The van der Waals surface area contributed by atoms with Crippen molar-refractivity contribution in [1.29, 1.82) is 0 Å². The van der Waals surface area contributed by atoms with Gasteiger partial charge in [0, 0.05) is 17.8 Å². The van der Waals surface area contributed by atoms with E-state index in [0.29, 0.717) is 5.92 Å². The van der Waals surface area contributed by atoms with E-state index in [2.05, 4.69) is 48.4 Å². The summed E-state index contributed by atoms with van der Waals surface area (Å²) in [6.45, 7) is 8.67. The maximum absolute atomic E-state index is 4.30. The maximum Gasteiger partial charge on any atom is 0.157 e. The molecule has 5 heteroatoms. The Bertz CT molecular complexity index is 502. The molecule has 3 nitrogen and oxygen atoms in total. The summed E-state index contributed by atoms with van der Waals surface area (Å²) < 4.78 is 0. The van der Waals surface area contributed by atoms with E-state index >= 15 is 0 Å². The van der Waals surface area contributed by atoms with Crippen molar-refractivity contribution in [2.24, 2.45) is 5.92 Å². The summed E-state index contributed by atoms with van der Waals surface area (Å²) in [7, 11) is 0. The third-order valence-corrected chi connectivity index (χ3v) is 5.14. The predicted octanol–water partition coefficient (Wildman–Crippen LogP) is 3.62. The van der Waals surface area contributed by atoms with Crippen molar-refractivity contribution in [1.82, 2.24) is 15.5 Å². The number of thiophene rings is 1. The third kappa shape index (κ3) is 4.37. The second-order valence-electron chi connectivity index (χ2n) is 4.97. The lowest BCUT2D eigenvalue weighted by molar-refractivity contribution is 0.553. The summed E-state index contributed by atoms with van der Waals surface area (Å²) in [5.41, 5.74) is 0. The van der Waals surface area contributed by atoms with Crippen molar-refractivity contribution >= 4 is 22.7 Å². The second kappa shape index (κ2) is 7.12. The minimum atomic E-state index is 0.698. The number of hydrogen-bond acceptors (Lipinski definition) is 5. The van der Waals surface area contributed by atoms with Crippen LogP contribution in [0.4, 0.5) is 0 Å². The summed E-state index contributed by atoms with van der Waals surface area (Å²) in [5, 5.41) is 14.2. The number of aryl methyl sites for hydroxylation is 1. The molecule has 0 aliphatic carbocycles. The van der Waals surface area contributed by atoms with Crippen LogP contribution in [0, 0.1) is 5.92 Å². The van der Waals surface area contributed by atoms with Gasteiger partial charge in [0.15, 0.2) is 5.01 Å². The Hall–Kier alpha value is -0.780. The maximum atomic E-state index is 4.30. The van der Waals surface area contributed by atoms with E-state index < -0.39 is 0 Å². The molecule has 0 saturated carbocycles.